The summed E-state index contributed by atoms with van der Waals surface area (Å²) >= 11 is 0. The minimum absolute atomic E-state index is 0.291. The van der Waals surface area contributed by atoms with E-state index in [0.29, 0.717) is 18.7 Å². The molecule has 0 saturated carbocycles. The maximum absolute atomic E-state index is 6.05. The van der Waals surface area contributed by atoms with E-state index in [4.69, 9.17) is 15.2 Å². The number of piperidine rings is 1. The first kappa shape index (κ1) is 13.9. The third kappa shape index (κ3) is 2.68. The number of hydrogen-bond donors (Lipinski definition) is 1. The van der Waals surface area contributed by atoms with Crippen molar-refractivity contribution in [2.45, 2.75) is 31.4 Å². The Morgan fingerprint density at radius 2 is 2.40 bits per heavy atom. The molecule has 2 N–H and O–H groups in total. The SMILES string of the molecule is COC1CCCN(C(CN)c2ccc3c(c2)CCO3)C1. The molecule has 2 aliphatic rings. The van der Waals surface area contributed by atoms with E-state index in [1.165, 1.54) is 17.5 Å². The number of rotatable bonds is 4. The van der Waals surface area contributed by atoms with E-state index in [9.17, 15) is 0 Å². The van der Waals surface area contributed by atoms with E-state index in [1.807, 2.05) is 0 Å². The van der Waals surface area contributed by atoms with Crippen LogP contribution >= 0.6 is 0 Å². The summed E-state index contributed by atoms with van der Waals surface area (Å²) in [5, 5.41) is 0. The van der Waals surface area contributed by atoms with Crippen LogP contribution in [-0.2, 0) is 11.2 Å². The highest BCUT2D eigenvalue weighted by molar-refractivity contribution is 5.41. The zero-order chi connectivity index (χ0) is 13.9. The van der Waals surface area contributed by atoms with Gasteiger partial charge in [0.2, 0.25) is 0 Å². The quantitative estimate of drug-likeness (QED) is 0.910. The second-order valence-corrected chi connectivity index (χ2v) is 5.71. The lowest BCUT2D eigenvalue weighted by atomic mass is 9.98. The van der Waals surface area contributed by atoms with Crippen LogP contribution in [0.5, 0.6) is 5.75 Å². The van der Waals surface area contributed by atoms with Gasteiger partial charge in [0.05, 0.1) is 12.7 Å². The van der Waals surface area contributed by atoms with Crippen molar-refractivity contribution in [1.82, 2.24) is 4.90 Å². The fourth-order valence-corrected chi connectivity index (χ4v) is 3.35. The highest BCUT2D eigenvalue weighted by Gasteiger charge is 2.27. The Hall–Kier alpha value is -1.10. The number of hydrogen-bond acceptors (Lipinski definition) is 4. The minimum atomic E-state index is 0.291. The molecule has 4 heteroatoms. The number of benzene rings is 1. The van der Waals surface area contributed by atoms with E-state index in [0.717, 1.165) is 38.3 Å². The van der Waals surface area contributed by atoms with Crippen LogP contribution in [0.25, 0.3) is 0 Å². The molecule has 2 atom stereocenters. The molecule has 20 heavy (non-hydrogen) atoms. The van der Waals surface area contributed by atoms with Crippen molar-refractivity contribution < 1.29 is 9.47 Å². The van der Waals surface area contributed by atoms with Gasteiger partial charge in [-0.05, 0) is 36.6 Å². The summed E-state index contributed by atoms with van der Waals surface area (Å²) in [5.74, 6) is 1.04. The molecule has 0 radical (unpaired) electrons. The van der Waals surface area contributed by atoms with Gasteiger partial charge in [0, 0.05) is 32.7 Å². The van der Waals surface area contributed by atoms with Crippen molar-refractivity contribution >= 4 is 0 Å². The molecule has 2 unspecified atom stereocenters. The van der Waals surface area contributed by atoms with Crippen molar-refractivity contribution in [3.8, 4) is 5.75 Å². The van der Waals surface area contributed by atoms with Gasteiger partial charge in [-0.1, -0.05) is 12.1 Å². The lowest BCUT2D eigenvalue weighted by Crippen LogP contribution is -2.43. The summed E-state index contributed by atoms with van der Waals surface area (Å²) in [6.45, 7) is 3.54. The Morgan fingerprint density at radius 3 is 3.20 bits per heavy atom. The lowest BCUT2D eigenvalue weighted by molar-refractivity contribution is 0.0155. The standard InChI is InChI=1S/C16H24N2O2/c1-19-14-3-2-7-18(11-14)15(10-17)12-4-5-16-13(9-12)6-8-20-16/h4-5,9,14-15H,2-3,6-8,10-11,17H2,1H3. The molecule has 0 aliphatic carbocycles. The third-order valence-corrected chi connectivity index (χ3v) is 4.51. The van der Waals surface area contributed by atoms with Gasteiger partial charge in [0.15, 0.2) is 0 Å². The van der Waals surface area contributed by atoms with Crippen molar-refractivity contribution in [2.24, 2.45) is 5.73 Å². The van der Waals surface area contributed by atoms with Gasteiger partial charge in [0.1, 0.15) is 5.75 Å². The number of nitrogens with zero attached hydrogens (tertiary/aromatic N) is 1. The van der Waals surface area contributed by atoms with Gasteiger partial charge < -0.3 is 15.2 Å². The molecule has 4 nitrogen and oxygen atoms in total. The van der Waals surface area contributed by atoms with Crippen LogP contribution < -0.4 is 10.5 Å². The second kappa shape index (κ2) is 6.12. The van der Waals surface area contributed by atoms with Crippen molar-refractivity contribution in [3.63, 3.8) is 0 Å². The van der Waals surface area contributed by atoms with E-state index in [1.54, 1.807) is 7.11 Å². The van der Waals surface area contributed by atoms with Crippen LogP contribution in [0.1, 0.15) is 30.0 Å². The highest BCUT2D eigenvalue weighted by Crippen LogP contribution is 2.31. The smallest absolute Gasteiger partial charge is 0.122 e. The minimum Gasteiger partial charge on any atom is -0.493 e. The molecule has 0 spiro atoms. The average Bonchev–Trinajstić information content (AvgIpc) is 2.96. The Morgan fingerprint density at radius 1 is 1.50 bits per heavy atom. The fraction of sp³-hybridized carbons (Fsp3) is 0.625. The predicted molar refractivity (Wildman–Crippen MR) is 79.0 cm³/mol. The monoisotopic (exact) mass is 276 g/mol. The Kier molecular flexibility index (Phi) is 4.24. The maximum Gasteiger partial charge on any atom is 0.122 e. The molecular formula is C16H24N2O2. The van der Waals surface area contributed by atoms with Gasteiger partial charge in [-0.25, -0.2) is 0 Å². The molecule has 1 saturated heterocycles. The van der Waals surface area contributed by atoms with E-state index in [2.05, 4.69) is 23.1 Å². The molecule has 2 aliphatic heterocycles. The van der Waals surface area contributed by atoms with E-state index >= 15 is 0 Å². The highest BCUT2D eigenvalue weighted by atomic mass is 16.5. The topological polar surface area (TPSA) is 47.7 Å². The molecule has 1 aromatic carbocycles. The van der Waals surface area contributed by atoms with Crippen LogP contribution in [0.2, 0.25) is 0 Å². The lowest BCUT2D eigenvalue weighted by Gasteiger charge is -2.37. The summed E-state index contributed by atoms with van der Waals surface area (Å²) in [6.07, 6.45) is 3.70. The number of fused-ring (bicyclic) bond motifs is 1. The normalized spacial score (nSPS) is 24.2. The van der Waals surface area contributed by atoms with Crippen LogP contribution in [-0.4, -0.2) is 44.4 Å². The van der Waals surface area contributed by atoms with Gasteiger partial charge in [-0.15, -0.1) is 0 Å². The molecule has 3 rings (SSSR count). The average molecular weight is 276 g/mol. The summed E-state index contributed by atoms with van der Waals surface area (Å²) in [6, 6.07) is 6.82. The molecule has 0 bridgehead atoms. The van der Waals surface area contributed by atoms with Crippen LogP contribution in [0.3, 0.4) is 0 Å². The van der Waals surface area contributed by atoms with Gasteiger partial charge in [0.25, 0.3) is 0 Å². The predicted octanol–water partition coefficient (Wildman–Crippen LogP) is 1.73. The molecule has 1 aromatic rings. The summed E-state index contributed by atoms with van der Waals surface area (Å²) in [7, 11) is 1.80. The zero-order valence-electron chi connectivity index (χ0n) is 12.2. The van der Waals surface area contributed by atoms with Crippen LogP contribution in [0.15, 0.2) is 18.2 Å². The first-order valence-corrected chi connectivity index (χ1v) is 7.54. The Labute approximate surface area is 120 Å². The second-order valence-electron chi connectivity index (χ2n) is 5.71. The molecule has 0 aromatic heterocycles. The molecule has 1 fully saturated rings. The van der Waals surface area contributed by atoms with Crippen molar-refractivity contribution in [2.75, 3.05) is 33.4 Å². The fourth-order valence-electron chi connectivity index (χ4n) is 3.35. The van der Waals surface area contributed by atoms with E-state index in [-0.39, 0.29) is 0 Å². The van der Waals surface area contributed by atoms with E-state index < -0.39 is 0 Å². The van der Waals surface area contributed by atoms with Crippen molar-refractivity contribution in [3.05, 3.63) is 29.3 Å². The molecule has 2 heterocycles. The summed E-state index contributed by atoms with van der Waals surface area (Å²) in [4.78, 5) is 2.47. The first-order valence-electron chi connectivity index (χ1n) is 7.54. The summed E-state index contributed by atoms with van der Waals surface area (Å²) in [5.41, 5.74) is 8.69. The number of methoxy groups -OCH3 is 1. The first-order chi connectivity index (χ1) is 9.81. The van der Waals surface area contributed by atoms with Crippen molar-refractivity contribution in [1.29, 1.82) is 0 Å². The Balaban J connectivity index is 1.78. The largest absolute Gasteiger partial charge is 0.493 e. The summed E-state index contributed by atoms with van der Waals surface area (Å²) < 4.78 is 11.1. The van der Waals surface area contributed by atoms with Crippen LogP contribution in [0, 0.1) is 0 Å². The number of likely N-dealkylation sites (tertiary alicyclic amines) is 1. The zero-order valence-corrected chi connectivity index (χ0v) is 12.2. The molecular weight excluding hydrogens is 252 g/mol. The molecule has 0 amide bonds. The van der Waals surface area contributed by atoms with Gasteiger partial charge in [-0.2, -0.15) is 0 Å². The maximum atomic E-state index is 6.05. The number of ether oxygens (including phenoxy) is 2. The van der Waals surface area contributed by atoms with Gasteiger partial charge >= 0.3 is 0 Å². The van der Waals surface area contributed by atoms with Gasteiger partial charge in [-0.3, -0.25) is 4.90 Å². The molecule has 110 valence electrons. The third-order valence-electron chi connectivity index (χ3n) is 4.51. The van der Waals surface area contributed by atoms with Crippen LogP contribution in [0.4, 0.5) is 0 Å². The Bertz CT molecular complexity index is 464. The number of nitrogens with two attached hydrogens (primary N) is 1.